The number of aromatic hydroxyl groups is 1. The number of esters is 1. The summed E-state index contributed by atoms with van der Waals surface area (Å²) in [6.07, 6.45) is -4.14. The van der Waals surface area contributed by atoms with Crippen LogP contribution in [0.2, 0.25) is 0 Å². The highest BCUT2D eigenvalue weighted by Gasteiger charge is 2.42. The van der Waals surface area contributed by atoms with E-state index in [1.807, 2.05) is 6.92 Å². The van der Waals surface area contributed by atoms with E-state index in [9.17, 15) is 23.1 Å². The third kappa shape index (κ3) is 6.06. The first-order valence-corrected chi connectivity index (χ1v) is 6.91. The number of ether oxygens (including phenoxy) is 1. The van der Waals surface area contributed by atoms with Gasteiger partial charge in [0.15, 0.2) is 6.10 Å². The molecule has 0 aliphatic carbocycles. The minimum Gasteiger partial charge on any atom is -0.508 e. The Kier molecular flexibility index (Phi) is 6.52. The van der Waals surface area contributed by atoms with Crippen molar-refractivity contribution in [2.24, 2.45) is 0 Å². The van der Waals surface area contributed by atoms with Gasteiger partial charge in [0.25, 0.3) is 0 Å². The molecule has 1 atom stereocenters. The number of rotatable bonds is 7. The van der Waals surface area contributed by atoms with Crippen LogP contribution in [0.3, 0.4) is 0 Å². The van der Waals surface area contributed by atoms with Gasteiger partial charge >= 0.3 is 12.1 Å². The van der Waals surface area contributed by atoms with Gasteiger partial charge in [-0.15, -0.1) is 0 Å². The molecule has 0 bridgehead atoms. The SMILES string of the molecule is CCCCCCC(OC(=O)c1cccc(O)c1)C(F)(F)F. The van der Waals surface area contributed by atoms with Crippen LogP contribution >= 0.6 is 0 Å². The number of unbranched alkanes of at least 4 members (excludes halogenated alkanes) is 3. The third-order valence-electron chi connectivity index (χ3n) is 3.02. The van der Waals surface area contributed by atoms with Gasteiger partial charge < -0.3 is 9.84 Å². The van der Waals surface area contributed by atoms with Crippen LogP contribution in [0.1, 0.15) is 49.4 Å². The van der Waals surface area contributed by atoms with Crippen LogP contribution in [-0.2, 0) is 4.74 Å². The number of hydrogen-bond acceptors (Lipinski definition) is 3. The molecule has 21 heavy (non-hydrogen) atoms. The van der Waals surface area contributed by atoms with Crippen molar-refractivity contribution in [3.05, 3.63) is 29.8 Å². The van der Waals surface area contributed by atoms with Gasteiger partial charge in [0.2, 0.25) is 0 Å². The predicted molar refractivity (Wildman–Crippen MR) is 72.1 cm³/mol. The molecule has 0 fully saturated rings. The van der Waals surface area contributed by atoms with Crippen LogP contribution < -0.4 is 0 Å². The largest absolute Gasteiger partial charge is 0.508 e. The molecular formula is C15H19F3O3. The summed E-state index contributed by atoms with van der Waals surface area (Å²) in [5.74, 6) is -1.28. The summed E-state index contributed by atoms with van der Waals surface area (Å²) in [6.45, 7) is 1.96. The van der Waals surface area contributed by atoms with Gasteiger partial charge in [0, 0.05) is 0 Å². The van der Waals surface area contributed by atoms with Crippen LogP contribution in [0.5, 0.6) is 5.75 Å². The second kappa shape index (κ2) is 7.90. The quantitative estimate of drug-likeness (QED) is 0.598. The Morgan fingerprint density at radius 1 is 1.29 bits per heavy atom. The number of benzene rings is 1. The molecule has 6 heteroatoms. The molecule has 0 aliphatic rings. The molecule has 1 rings (SSSR count). The predicted octanol–water partition coefficient (Wildman–Crippen LogP) is 4.45. The topological polar surface area (TPSA) is 46.5 Å². The van der Waals surface area contributed by atoms with Crippen molar-refractivity contribution in [2.75, 3.05) is 0 Å². The maximum Gasteiger partial charge on any atom is 0.425 e. The van der Waals surface area contributed by atoms with Crippen molar-refractivity contribution in [3.8, 4) is 5.75 Å². The van der Waals surface area contributed by atoms with E-state index in [0.29, 0.717) is 12.8 Å². The van der Waals surface area contributed by atoms with E-state index in [-0.39, 0.29) is 17.7 Å². The van der Waals surface area contributed by atoms with Gasteiger partial charge in [-0.1, -0.05) is 32.3 Å². The van der Waals surface area contributed by atoms with Crippen LogP contribution in [0.15, 0.2) is 24.3 Å². The zero-order chi connectivity index (χ0) is 15.9. The molecule has 0 aliphatic heterocycles. The van der Waals surface area contributed by atoms with E-state index in [4.69, 9.17) is 0 Å². The summed E-state index contributed by atoms with van der Waals surface area (Å²) in [6, 6.07) is 5.07. The molecule has 118 valence electrons. The summed E-state index contributed by atoms with van der Waals surface area (Å²) < 4.78 is 43.1. The van der Waals surface area contributed by atoms with Crippen molar-refractivity contribution >= 4 is 5.97 Å². The monoisotopic (exact) mass is 304 g/mol. The average Bonchev–Trinajstić information content (AvgIpc) is 2.40. The first-order valence-electron chi connectivity index (χ1n) is 6.91. The fourth-order valence-electron chi connectivity index (χ4n) is 1.88. The van der Waals surface area contributed by atoms with Crippen LogP contribution in [0.4, 0.5) is 13.2 Å². The number of alkyl halides is 3. The molecule has 1 aromatic carbocycles. The van der Waals surface area contributed by atoms with Gasteiger partial charge in [-0.05, 0) is 31.0 Å². The Morgan fingerprint density at radius 3 is 2.57 bits per heavy atom. The lowest BCUT2D eigenvalue weighted by molar-refractivity contribution is -0.206. The van der Waals surface area contributed by atoms with Crippen molar-refractivity contribution in [3.63, 3.8) is 0 Å². The minimum absolute atomic E-state index is 0.0993. The maximum atomic E-state index is 12.9. The summed E-state index contributed by atoms with van der Waals surface area (Å²) >= 11 is 0. The lowest BCUT2D eigenvalue weighted by atomic mass is 10.1. The molecule has 0 aromatic heterocycles. The maximum absolute atomic E-state index is 12.9. The second-order valence-corrected chi connectivity index (χ2v) is 4.84. The molecule has 0 saturated heterocycles. The first-order chi connectivity index (χ1) is 9.84. The molecule has 1 aromatic rings. The second-order valence-electron chi connectivity index (χ2n) is 4.84. The Morgan fingerprint density at radius 2 is 2.00 bits per heavy atom. The van der Waals surface area contributed by atoms with Crippen molar-refractivity contribution in [1.29, 1.82) is 0 Å². The normalized spacial score (nSPS) is 13.0. The minimum atomic E-state index is -4.58. The van der Waals surface area contributed by atoms with Gasteiger partial charge in [0.1, 0.15) is 5.75 Å². The van der Waals surface area contributed by atoms with E-state index in [1.54, 1.807) is 0 Å². The van der Waals surface area contributed by atoms with Gasteiger partial charge in [0.05, 0.1) is 5.56 Å². The molecule has 0 heterocycles. The number of hydrogen-bond donors (Lipinski definition) is 1. The standard InChI is InChI=1S/C15H19F3O3/c1-2-3-4-5-9-13(15(16,17)18)21-14(20)11-7-6-8-12(19)10-11/h6-8,10,13,19H,2-5,9H2,1H3. The molecule has 0 radical (unpaired) electrons. The zero-order valence-corrected chi connectivity index (χ0v) is 11.8. The van der Waals surface area contributed by atoms with E-state index in [0.717, 1.165) is 18.9 Å². The Balaban J connectivity index is 2.65. The lowest BCUT2D eigenvalue weighted by Gasteiger charge is -2.20. The third-order valence-corrected chi connectivity index (χ3v) is 3.02. The lowest BCUT2D eigenvalue weighted by Crippen LogP contribution is -2.33. The van der Waals surface area contributed by atoms with E-state index >= 15 is 0 Å². The number of carbonyl (C=O) groups excluding carboxylic acids is 1. The van der Waals surface area contributed by atoms with Gasteiger partial charge in [-0.3, -0.25) is 0 Å². The van der Waals surface area contributed by atoms with E-state index in [1.165, 1.54) is 18.2 Å². The highest BCUT2D eigenvalue weighted by molar-refractivity contribution is 5.89. The van der Waals surface area contributed by atoms with Gasteiger partial charge in [-0.25, -0.2) is 4.79 Å². The number of halogens is 3. The van der Waals surface area contributed by atoms with Crippen LogP contribution in [0.25, 0.3) is 0 Å². The van der Waals surface area contributed by atoms with Crippen LogP contribution in [-0.4, -0.2) is 23.4 Å². The molecule has 3 nitrogen and oxygen atoms in total. The zero-order valence-electron chi connectivity index (χ0n) is 11.8. The summed E-state index contributed by atoms with van der Waals surface area (Å²) in [5, 5.41) is 9.23. The highest BCUT2D eigenvalue weighted by atomic mass is 19.4. The summed E-state index contributed by atoms with van der Waals surface area (Å²) in [4.78, 5) is 11.7. The summed E-state index contributed by atoms with van der Waals surface area (Å²) in [7, 11) is 0. The molecule has 0 saturated carbocycles. The van der Waals surface area contributed by atoms with E-state index in [2.05, 4.69) is 4.74 Å². The fraction of sp³-hybridized carbons (Fsp3) is 0.533. The fourth-order valence-corrected chi connectivity index (χ4v) is 1.88. The molecule has 0 spiro atoms. The first kappa shape index (κ1) is 17.3. The van der Waals surface area contributed by atoms with E-state index < -0.39 is 18.2 Å². The number of carbonyl (C=O) groups is 1. The smallest absolute Gasteiger partial charge is 0.425 e. The van der Waals surface area contributed by atoms with Crippen molar-refractivity contribution in [2.45, 2.75) is 51.3 Å². The summed E-state index contributed by atoms with van der Waals surface area (Å²) in [5.41, 5.74) is -0.0993. The molecule has 1 N–H and O–H groups in total. The average molecular weight is 304 g/mol. The van der Waals surface area contributed by atoms with Crippen LogP contribution in [0, 0.1) is 0 Å². The Bertz CT molecular complexity index is 458. The number of phenolic OH excluding ortho intramolecular Hbond substituents is 1. The Hall–Kier alpha value is -1.72. The molecule has 1 unspecified atom stereocenters. The number of phenols is 1. The molecule has 0 amide bonds. The van der Waals surface area contributed by atoms with Gasteiger partial charge in [-0.2, -0.15) is 13.2 Å². The van der Waals surface area contributed by atoms with Crippen molar-refractivity contribution < 1.29 is 27.8 Å². The highest BCUT2D eigenvalue weighted by Crippen LogP contribution is 2.28. The molecular weight excluding hydrogens is 285 g/mol. The van der Waals surface area contributed by atoms with Crippen molar-refractivity contribution in [1.82, 2.24) is 0 Å². The Labute approximate surface area is 121 Å².